The molecule has 0 saturated heterocycles. The highest BCUT2D eigenvalue weighted by molar-refractivity contribution is 5.54. The molecule has 0 bridgehead atoms. The first kappa shape index (κ1) is 15.2. The first-order valence-electron chi connectivity index (χ1n) is 6.19. The zero-order valence-corrected chi connectivity index (χ0v) is 11.7. The van der Waals surface area contributed by atoms with Gasteiger partial charge >= 0.3 is 0 Å². The number of hydrogen-bond donors (Lipinski definition) is 1. The molecule has 0 amide bonds. The van der Waals surface area contributed by atoms with Crippen LogP contribution in [0.15, 0.2) is 12.1 Å². The average molecular weight is 263 g/mol. The van der Waals surface area contributed by atoms with E-state index in [1.807, 2.05) is 19.1 Å². The van der Waals surface area contributed by atoms with Gasteiger partial charge in [-0.05, 0) is 31.0 Å². The molecule has 0 aromatic heterocycles. The van der Waals surface area contributed by atoms with Gasteiger partial charge in [-0.3, -0.25) is 0 Å². The molecule has 0 aliphatic carbocycles. The molecule has 0 aliphatic rings. The van der Waals surface area contributed by atoms with E-state index in [-0.39, 0.29) is 6.04 Å². The number of nitrogens with two attached hydrogens (primary N) is 1. The highest BCUT2D eigenvalue weighted by Gasteiger charge is 2.14. The second-order valence-electron chi connectivity index (χ2n) is 4.31. The van der Waals surface area contributed by atoms with Gasteiger partial charge in [-0.25, -0.2) is 0 Å². The molecule has 0 radical (unpaired) electrons. The second-order valence-corrected chi connectivity index (χ2v) is 4.31. The zero-order valence-electron chi connectivity index (χ0n) is 11.7. The van der Waals surface area contributed by atoms with Crippen LogP contribution in [-0.4, -0.2) is 26.9 Å². The number of ether oxygens (including phenoxy) is 3. The van der Waals surface area contributed by atoms with Crippen LogP contribution in [0.4, 0.5) is 0 Å². The van der Waals surface area contributed by atoms with Crippen molar-refractivity contribution < 1.29 is 14.2 Å². The van der Waals surface area contributed by atoms with Crippen LogP contribution in [0.3, 0.4) is 0 Å². The van der Waals surface area contributed by atoms with Crippen molar-refractivity contribution >= 4 is 0 Å². The molecule has 0 spiro atoms. The van der Waals surface area contributed by atoms with Crippen LogP contribution in [-0.2, 0) is 6.42 Å². The van der Waals surface area contributed by atoms with Crippen molar-refractivity contribution in [3.63, 3.8) is 0 Å². The SMILES string of the molecule is C#CCCOc1c(OC)cc(CC(C)N)cc1OC. The Bertz CT molecular complexity index is 424. The number of terminal acetylenes is 1. The number of rotatable bonds is 7. The number of methoxy groups -OCH3 is 2. The highest BCUT2D eigenvalue weighted by Crippen LogP contribution is 2.38. The molecule has 0 fully saturated rings. The van der Waals surface area contributed by atoms with Gasteiger partial charge in [0.15, 0.2) is 11.5 Å². The molecule has 19 heavy (non-hydrogen) atoms. The molecule has 0 saturated carbocycles. The van der Waals surface area contributed by atoms with Gasteiger partial charge in [-0.15, -0.1) is 12.3 Å². The predicted octanol–water partition coefficient (Wildman–Crippen LogP) is 2.00. The van der Waals surface area contributed by atoms with E-state index in [0.717, 1.165) is 12.0 Å². The van der Waals surface area contributed by atoms with Gasteiger partial charge in [0.25, 0.3) is 0 Å². The Hall–Kier alpha value is -1.86. The normalized spacial score (nSPS) is 11.5. The molecular formula is C15H21NO3. The quantitative estimate of drug-likeness (QED) is 0.604. The molecule has 4 nitrogen and oxygen atoms in total. The lowest BCUT2D eigenvalue weighted by Gasteiger charge is -2.16. The summed E-state index contributed by atoms with van der Waals surface area (Å²) in [5, 5.41) is 0. The van der Waals surface area contributed by atoms with Crippen LogP contribution in [0.5, 0.6) is 17.2 Å². The lowest BCUT2D eigenvalue weighted by Crippen LogP contribution is -2.17. The summed E-state index contributed by atoms with van der Waals surface area (Å²) in [5.41, 5.74) is 6.86. The minimum absolute atomic E-state index is 0.0719. The second kappa shape index (κ2) is 7.55. The standard InChI is InChI=1S/C15H21NO3/c1-5-6-7-19-15-13(17-3)9-12(8-11(2)16)10-14(15)18-4/h1,9-11H,6-8,16H2,2-4H3. The van der Waals surface area contributed by atoms with Crippen LogP contribution in [0.2, 0.25) is 0 Å². The topological polar surface area (TPSA) is 53.7 Å². The van der Waals surface area contributed by atoms with Crippen molar-refractivity contribution in [2.24, 2.45) is 5.73 Å². The third kappa shape index (κ3) is 4.38. The molecule has 0 aliphatic heterocycles. The molecule has 1 aromatic carbocycles. The van der Waals surface area contributed by atoms with Gasteiger partial charge in [-0.1, -0.05) is 0 Å². The van der Waals surface area contributed by atoms with Crippen LogP contribution in [0.1, 0.15) is 18.9 Å². The van der Waals surface area contributed by atoms with Crippen molar-refractivity contribution in [3.8, 4) is 29.6 Å². The van der Waals surface area contributed by atoms with Crippen molar-refractivity contribution in [1.29, 1.82) is 0 Å². The Labute approximate surface area is 114 Å². The fraction of sp³-hybridized carbons (Fsp3) is 0.467. The monoisotopic (exact) mass is 263 g/mol. The minimum Gasteiger partial charge on any atom is -0.493 e. The van der Waals surface area contributed by atoms with E-state index in [0.29, 0.717) is 30.3 Å². The maximum atomic E-state index is 5.81. The lowest BCUT2D eigenvalue weighted by atomic mass is 10.1. The van der Waals surface area contributed by atoms with Gasteiger partial charge in [-0.2, -0.15) is 0 Å². The summed E-state index contributed by atoms with van der Waals surface area (Å²) >= 11 is 0. The number of hydrogen-bond acceptors (Lipinski definition) is 4. The van der Waals surface area contributed by atoms with E-state index in [1.165, 1.54) is 0 Å². The molecule has 2 N–H and O–H groups in total. The van der Waals surface area contributed by atoms with Crippen LogP contribution in [0, 0.1) is 12.3 Å². The molecule has 104 valence electrons. The molecule has 0 heterocycles. The first-order chi connectivity index (χ1) is 9.12. The molecule has 4 heteroatoms. The Morgan fingerprint density at radius 2 is 1.84 bits per heavy atom. The summed E-state index contributed by atoms with van der Waals surface area (Å²) in [5.74, 6) is 4.37. The smallest absolute Gasteiger partial charge is 0.203 e. The van der Waals surface area contributed by atoms with E-state index >= 15 is 0 Å². The van der Waals surface area contributed by atoms with Crippen molar-refractivity contribution in [2.45, 2.75) is 25.8 Å². The predicted molar refractivity (Wildman–Crippen MR) is 75.8 cm³/mol. The zero-order chi connectivity index (χ0) is 14.3. The Morgan fingerprint density at radius 1 is 1.26 bits per heavy atom. The molecular weight excluding hydrogens is 242 g/mol. The fourth-order valence-corrected chi connectivity index (χ4v) is 1.78. The largest absolute Gasteiger partial charge is 0.493 e. The van der Waals surface area contributed by atoms with Crippen molar-refractivity contribution in [1.82, 2.24) is 0 Å². The van der Waals surface area contributed by atoms with E-state index in [4.69, 9.17) is 26.4 Å². The van der Waals surface area contributed by atoms with Crippen LogP contribution < -0.4 is 19.9 Å². The molecule has 1 atom stereocenters. The van der Waals surface area contributed by atoms with Crippen molar-refractivity contribution in [2.75, 3.05) is 20.8 Å². The Kier molecular flexibility index (Phi) is 6.04. The summed E-state index contributed by atoms with van der Waals surface area (Å²) in [4.78, 5) is 0. The van der Waals surface area contributed by atoms with E-state index < -0.39 is 0 Å². The first-order valence-corrected chi connectivity index (χ1v) is 6.19. The summed E-state index contributed by atoms with van der Waals surface area (Å²) < 4.78 is 16.3. The summed E-state index contributed by atoms with van der Waals surface area (Å²) in [6, 6.07) is 3.90. The van der Waals surface area contributed by atoms with E-state index in [2.05, 4.69) is 5.92 Å². The molecule has 1 rings (SSSR count). The molecule has 1 aromatic rings. The van der Waals surface area contributed by atoms with Gasteiger partial charge in [0.05, 0.1) is 20.8 Å². The Morgan fingerprint density at radius 3 is 2.26 bits per heavy atom. The molecule has 1 unspecified atom stereocenters. The van der Waals surface area contributed by atoms with Gasteiger partial charge < -0.3 is 19.9 Å². The summed E-state index contributed by atoms with van der Waals surface area (Å²) in [6.45, 7) is 2.38. The number of benzene rings is 1. The highest BCUT2D eigenvalue weighted by atomic mass is 16.5. The van der Waals surface area contributed by atoms with Gasteiger partial charge in [0.2, 0.25) is 5.75 Å². The van der Waals surface area contributed by atoms with Gasteiger partial charge in [0.1, 0.15) is 0 Å². The maximum absolute atomic E-state index is 5.81. The van der Waals surface area contributed by atoms with Crippen LogP contribution >= 0.6 is 0 Å². The minimum atomic E-state index is 0.0719. The lowest BCUT2D eigenvalue weighted by molar-refractivity contribution is 0.280. The Balaban J connectivity index is 3.03. The maximum Gasteiger partial charge on any atom is 0.203 e. The summed E-state index contributed by atoms with van der Waals surface area (Å²) in [7, 11) is 3.19. The van der Waals surface area contributed by atoms with E-state index in [1.54, 1.807) is 14.2 Å². The fourth-order valence-electron chi connectivity index (χ4n) is 1.78. The average Bonchev–Trinajstić information content (AvgIpc) is 2.38. The van der Waals surface area contributed by atoms with Gasteiger partial charge in [0, 0.05) is 12.5 Å². The third-order valence-corrected chi connectivity index (χ3v) is 2.57. The van der Waals surface area contributed by atoms with E-state index in [9.17, 15) is 0 Å². The van der Waals surface area contributed by atoms with Crippen LogP contribution in [0.25, 0.3) is 0 Å². The summed E-state index contributed by atoms with van der Waals surface area (Å²) in [6.07, 6.45) is 6.49. The van der Waals surface area contributed by atoms with Crippen molar-refractivity contribution in [3.05, 3.63) is 17.7 Å². The third-order valence-electron chi connectivity index (χ3n) is 2.57.